The molecule has 1 aromatic heterocycles. The second-order valence-corrected chi connectivity index (χ2v) is 5.01. The van der Waals surface area contributed by atoms with Crippen LogP contribution in [0.25, 0.3) is 0 Å². The van der Waals surface area contributed by atoms with E-state index in [9.17, 15) is 4.79 Å². The highest BCUT2D eigenvalue weighted by Crippen LogP contribution is 2.25. The molecule has 0 spiro atoms. The Balaban J connectivity index is 2.10. The molecule has 1 atom stereocenters. The van der Waals surface area contributed by atoms with Gasteiger partial charge in [0.25, 0.3) is 5.91 Å². The maximum Gasteiger partial charge on any atom is 0.273 e. The first-order valence-electron chi connectivity index (χ1n) is 5.66. The van der Waals surface area contributed by atoms with Crippen molar-refractivity contribution >= 4 is 29.1 Å². The maximum absolute atomic E-state index is 11.9. The normalized spacial score (nSPS) is 12.2. The summed E-state index contributed by atoms with van der Waals surface area (Å²) in [4.78, 5) is 11.9. The fourth-order valence-corrected chi connectivity index (χ4v) is 1.92. The van der Waals surface area contributed by atoms with Crippen molar-refractivity contribution in [3.63, 3.8) is 0 Å². The molecule has 1 heterocycles. The lowest BCUT2D eigenvalue weighted by molar-refractivity contribution is 0.0930. The SMILES string of the molecule is Cc1cc(C(=O)NC(C)c2ccc(Cl)c(Cl)c2)no1. The molecule has 4 nitrogen and oxygen atoms in total. The molecule has 0 radical (unpaired) electrons. The number of amides is 1. The van der Waals surface area contributed by atoms with Crippen LogP contribution in [0.3, 0.4) is 0 Å². The highest BCUT2D eigenvalue weighted by molar-refractivity contribution is 6.42. The van der Waals surface area contributed by atoms with Crippen molar-refractivity contribution in [2.24, 2.45) is 0 Å². The summed E-state index contributed by atoms with van der Waals surface area (Å²) in [7, 11) is 0. The highest BCUT2D eigenvalue weighted by atomic mass is 35.5. The molecular formula is C13H12Cl2N2O2. The Morgan fingerprint density at radius 1 is 1.32 bits per heavy atom. The zero-order chi connectivity index (χ0) is 14.0. The summed E-state index contributed by atoms with van der Waals surface area (Å²) < 4.78 is 4.86. The highest BCUT2D eigenvalue weighted by Gasteiger charge is 2.15. The van der Waals surface area contributed by atoms with E-state index < -0.39 is 0 Å². The first kappa shape index (κ1) is 13.9. The molecule has 1 aromatic carbocycles. The molecular weight excluding hydrogens is 287 g/mol. The number of aryl methyl sites for hydroxylation is 1. The monoisotopic (exact) mass is 298 g/mol. The van der Waals surface area contributed by atoms with E-state index in [4.69, 9.17) is 27.7 Å². The third-order valence-corrected chi connectivity index (χ3v) is 3.39. The van der Waals surface area contributed by atoms with Gasteiger partial charge in [-0.05, 0) is 31.5 Å². The number of nitrogens with zero attached hydrogens (tertiary/aromatic N) is 1. The Hall–Kier alpha value is -1.52. The molecule has 0 aliphatic rings. The standard InChI is InChI=1S/C13H12Cl2N2O2/c1-7-5-12(17-19-7)13(18)16-8(2)9-3-4-10(14)11(15)6-9/h3-6,8H,1-2H3,(H,16,18). The molecule has 19 heavy (non-hydrogen) atoms. The zero-order valence-corrected chi connectivity index (χ0v) is 11.9. The van der Waals surface area contributed by atoms with Crippen LogP contribution < -0.4 is 5.32 Å². The second kappa shape index (κ2) is 5.63. The van der Waals surface area contributed by atoms with Crippen molar-refractivity contribution < 1.29 is 9.32 Å². The molecule has 0 bridgehead atoms. The maximum atomic E-state index is 11.9. The van der Waals surface area contributed by atoms with Gasteiger partial charge >= 0.3 is 0 Å². The molecule has 2 aromatic rings. The van der Waals surface area contributed by atoms with Gasteiger partial charge in [0.2, 0.25) is 0 Å². The molecule has 0 aliphatic carbocycles. The van der Waals surface area contributed by atoms with Gasteiger partial charge in [0, 0.05) is 6.07 Å². The molecule has 0 saturated carbocycles. The minimum absolute atomic E-state index is 0.209. The van der Waals surface area contributed by atoms with Crippen LogP contribution in [-0.4, -0.2) is 11.1 Å². The third-order valence-electron chi connectivity index (χ3n) is 2.65. The summed E-state index contributed by atoms with van der Waals surface area (Å²) in [6.45, 7) is 3.58. The molecule has 2 rings (SSSR count). The summed E-state index contributed by atoms with van der Waals surface area (Å²) in [6.07, 6.45) is 0. The van der Waals surface area contributed by atoms with Gasteiger partial charge in [-0.2, -0.15) is 0 Å². The minimum atomic E-state index is -0.296. The number of hydrogen-bond acceptors (Lipinski definition) is 3. The molecule has 0 saturated heterocycles. The van der Waals surface area contributed by atoms with Gasteiger partial charge in [-0.1, -0.05) is 34.4 Å². The van der Waals surface area contributed by atoms with Gasteiger partial charge in [-0.3, -0.25) is 4.79 Å². The Morgan fingerprint density at radius 3 is 2.63 bits per heavy atom. The van der Waals surface area contributed by atoms with Crippen LogP contribution in [0, 0.1) is 6.92 Å². The van der Waals surface area contributed by atoms with Gasteiger partial charge in [-0.15, -0.1) is 0 Å². The smallest absolute Gasteiger partial charge is 0.273 e. The van der Waals surface area contributed by atoms with E-state index >= 15 is 0 Å². The van der Waals surface area contributed by atoms with Crippen molar-refractivity contribution in [1.82, 2.24) is 10.5 Å². The van der Waals surface area contributed by atoms with Crippen molar-refractivity contribution in [1.29, 1.82) is 0 Å². The van der Waals surface area contributed by atoms with E-state index in [0.717, 1.165) is 5.56 Å². The van der Waals surface area contributed by atoms with Gasteiger partial charge in [0.1, 0.15) is 5.76 Å². The summed E-state index contributed by atoms with van der Waals surface area (Å²) in [5.41, 5.74) is 1.12. The Labute approximate surface area is 120 Å². The predicted molar refractivity (Wildman–Crippen MR) is 73.6 cm³/mol. The van der Waals surface area contributed by atoms with E-state index in [-0.39, 0.29) is 17.6 Å². The lowest BCUT2D eigenvalue weighted by atomic mass is 10.1. The summed E-state index contributed by atoms with van der Waals surface area (Å²) in [6, 6.07) is 6.61. The number of halogens is 2. The molecule has 1 amide bonds. The predicted octanol–water partition coefficient (Wildman–Crippen LogP) is 3.78. The molecule has 1 N–H and O–H groups in total. The number of carbonyl (C=O) groups excluding carboxylic acids is 1. The molecule has 0 fully saturated rings. The van der Waals surface area contributed by atoms with Crippen LogP contribution in [0.15, 0.2) is 28.8 Å². The van der Waals surface area contributed by atoms with Crippen LogP contribution in [-0.2, 0) is 0 Å². The van der Waals surface area contributed by atoms with Crippen molar-refractivity contribution in [2.75, 3.05) is 0 Å². The van der Waals surface area contributed by atoms with Gasteiger partial charge in [0.15, 0.2) is 5.69 Å². The van der Waals surface area contributed by atoms with E-state index in [0.29, 0.717) is 15.8 Å². The van der Waals surface area contributed by atoms with Crippen LogP contribution >= 0.6 is 23.2 Å². The number of benzene rings is 1. The number of carbonyl (C=O) groups is 1. The Kier molecular flexibility index (Phi) is 4.12. The first-order valence-corrected chi connectivity index (χ1v) is 6.42. The first-order chi connectivity index (χ1) is 8.97. The van der Waals surface area contributed by atoms with Gasteiger partial charge < -0.3 is 9.84 Å². The van der Waals surface area contributed by atoms with Gasteiger partial charge in [-0.25, -0.2) is 0 Å². The summed E-state index contributed by atoms with van der Waals surface area (Å²) in [5, 5.41) is 7.41. The minimum Gasteiger partial charge on any atom is -0.361 e. The quantitative estimate of drug-likeness (QED) is 0.938. The number of rotatable bonds is 3. The Bertz CT molecular complexity index is 610. The summed E-state index contributed by atoms with van der Waals surface area (Å²) >= 11 is 11.8. The van der Waals surface area contributed by atoms with Crippen LogP contribution in [0.1, 0.15) is 34.8 Å². The summed E-state index contributed by atoms with van der Waals surface area (Å²) in [5.74, 6) is 0.294. The van der Waals surface area contributed by atoms with E-state index in [1.54, 1.807) is 25.1 Å². The average molecular weight is 299 g/mol. The Morgan fingerprint density at radius 2 is 2.05 bits per heavy atom. The number of nitrogens with one attached hydrogen (secondary N) is 1. The van der Waals surface area contributed by atoms with E-state index in [1.807, 2.05) is 13.0 Å². The van der Waals surface area contributed by atoms with Crippen LogP contribution in [0.2, 0.25) is 10.0 Å². The lowest BCUT2D eigenvalue weighted by Crippen LogP contribution is -2.26. The van der Waals surface area contributed by atoms with E-state index in [1.165, 1.54) is 0 Å². The van der Waals surface area contributed by atoms with Gasteiger partial charge in [0.05, 0.1) is 16.1 Å². The average Bonchev–Trinajstić information content (AvgIpc) is 2.79. The largest absolute Gasteiger partial charge is 0.361 e. The van der Waals surface area contributed by atoms with Crippen LogP contribution in [0.4, 0.5) is 0 Å². The topological polar surface area (TPSA) is 55.1 Å². The van der Waals surface area contributed by atoms with Crippen molar-refractivity contribution in [2.45, 2.75) is 19.9 Å². The second-order valence-electron chi connectivity index (χ2n) is 4.19. The molecule has 100 valence electrons. The molecule has 1 unspecified atom stereocenters. The van der Waals surface area contributed by atoms with Crippen molar-refractivity contribution in [3.05, 3.63) is 51.3 Å². The lowest BCUT2D eigenvalue weighted by Gasteiger charge is -2.13. The molecule has 6 heteroatoms. The molecule has 0 aliphatic heterocycles. The van der Waals surface area contributed by atoms with Crippen molar-refractivity contribution in [3.8, 4) is 0 Å². The van der Waals surface area contributed by atoms with Crippen LogP contribution in [0.5, 0.6) is 0 Å². The third kappa shape index (κ3) is 3.28. The zero-order valence-electron chi connectivity index (χ0n) is 10.4. The fraction of sp³-hybridized carbons (Fsp3) is 0.231. The number of aromatic nitrogens is 1. The fourth-order valence-electron chi connectivity index (χ4n) is 1.61. The van der Waals surface area contributed by atoms with E-state index in [2.05, 4.69) is 10.5 Å². The number of hydrogen-bond donors (Lipinski definition) is 1.